The minimum atomic E-state index is -0.263. The van der Waals surface area contributed by atoms with Crippen LogP contribution in [0.25, 0.3) is 0 Å². The van der Waals surface area contributed by atoms with Crippen molar-refractivity contribution in [2.45, 2.75) is 20.8 Å². The van der Waals surface area contributed by atoms with Crippen LogP contribution >= 0.6 is 0 Å². The van der Waals surface area contributed by atoms with E-state index in [0.29, 0.717) is 19.1 Å². The maximum Gasteiger partial charge on any atom is 0.221 e. The average Bonchev–Trinajstić information content (AvgIpc) is 2.09. The van der Waals surface area contributed by atoms with Crippen molar-refractivity contribution < 1.29 is 9.53 Å². The first-order chi connectivity index (χ1) is 6.54. The summed E-state index contributed by atoms with van der Waals surface area (Å²) in [7, 11) is 0. The van der Waals surface area contributed by atoms with Crippen molar-refractivity contribution in [2.24, 2.45) is 17.6 Å². The van der Waals surface area contributed by atoms with Gasteiger partial charge in [-0.3, -0.25) is 4.79 Å². The lowest BCUT2D eigenvalue weighted by Crippen LogP contribution is -2.32. The fraction of sp³-hybridized carbons (Fsp3) is 0.900. The summed E-state index contributed by atoms with van der Waals surface area (Å²) in [5.41, 5.74) is 5.11. The molecular weight excluding hydrogens is 180 g/mol. The molecule has 0 aromatic heterocycles. The van der Waals surface area contributed by atoms with Gasteiger partial charge in [-0.15, -0.1) is 0 Å². The summed E-state index contributed by atoms with van der Waals surface area (Å²) in [6, 6.07) is 0. The first-order valence-corrected chi connectivity index (χ1v) is 5.11. The molecule has 1 atom stereocenters. The van der Waals surface area contributed by atoms with Gasteiger partial charge < -0.3 is 15.8 Å². The van der Waals surface area contributed by atoms with Crippen LogP contribution in [0.2, 0.25) is 0 Å². The normalized spacial score (nSPS) is 13.1. The van der Waals surface area contributed by atoms with Crippen LogP contribution in [0.4, 0.5) is 0 Å². The number of carbonyl (C=O) groups excluding carboxylic acids is 1. The highest BCUT2D eigenvalue weighted by Crippen LogP contribution is 1.92. The van der Waals surface area contributed by atoms with E-state index in [1.54, 1.807) is 0 Å². The summed E-state index contributed by atoms with van der Waals surface area (Å²) in [4.78, 5) is 10.7. The van der Waals surface area contributed by atoms with Gasteiger partial charge in [0, 0.05) is 25.6 Å². The zero-order valence-corrected chi connectivity index (χ0v) is 9.38. The molecule has 0 bridgehead atoms. The maximum absolute atomic E-state index is 10.7. The smallest absolute Gasteiger partial charge is 0.221 e. The molecule has 0 radical (unpaired) electrons. The minimum absolute atomic E-state index is 0.111. The summed E-state index contributed by atoms with van der Waals surface area (Å²) in [5, 5.41) is 3.11. The summed E-state index contributed by atoms with van der Waals surface area (Å²) >= 11 is 0. The molecule has 0 aromatic carbocycles. The van der Waals surface area contributed by atoms with Gasteiger partial charge in [0.2, 0.25) is 5.91 Å². The molecule has 0 heterocycles. The average molecular weight is 202 g/mol. The fourth-order valence-corrected chi connectivity index (χ4v) is 0.883. The zero-order valence-electron chi connectivity index (χ0n) is 9.38. The fourth-order valence-electron chi connectivity index (χ4n) is 0.883. The highest BCUT2D eigenvalue weighted by molar-refractivity contribution is 5.76. The number of amides is 1. The van der Waals surface area contributed by atoms with Crippen molar-refractivity contribution in [1.82, 2.24) is 5.32 Å². The van der Waals surface area contributed by atoms with Crippen LogP contribution in [0, 0.1) is 11.8 Å². The van der Waals surface area contributed by atoms with Crippen molar-refractivity contribution in [2.75, 3.05) is 26.3 Å². The minimum Gasteiger partial charge on any atom is -0.380 e. The van der Waals surface area contributed by atoms with Crippen molar-refractivity contribution in [3.63, 3.8) is 0 Å². The highest BCUT2D eigenvalue weighted by atomic mass is 16.5. The van der Waals surface area contributed by atoms with E-state index in [1.807, 2.05) is 6.92 Å². The van der Waals surface area contributed by atoms with Crippen molar-refractivity contribution in [1.29, 1.82) is 0 Å². The van der Waals surface area contributed by atoms with E-state index in [1.165, 1.54) is 0 Å². The first-order valence-electron chi connectivity index (χ1n) is 5.11. The number of ether oxygens (including phenoxy) is 1. The van der Waals surface area contributed by atoms with E-state index in [2.05, 4.69) is 19.2 Å². The van der Waals surface area contributed by atoms with Crippen LogP contribution in [0.5, 0.6) is 0 Å². The van der Waals surface area contributed by atoms with Gasteiger partial charge in [-0.05, 0) is 5.92 Å². The van der Waals surface area contributed by atoms with E-state index >= 15 is 0 Å². The number of hydrogen-bond acceptors (Lipinski definition) is 3. The Balaban J connectivity index is 3.17. The first kappa shape index (κ1) is 13.4. The van der Waals surface area contributed by atoms with Crippen molar-refractivity contribution in [3.8, 4) is 0 Å². The Morgan fingerprint density at radius 3 is 2.57 bits per heavy atom. The van der Waals surface area contributed by atoms with Gasteiger partial charge in [0.25, 0.3) is 0 Å². The van der Waals surface area contributed by atoms with E-state index in [0.717, 1.165) is 13.2 Å². The number of primary amides is 1. The number of hydrogen-bond donors (Lipinski definition) is 2. The van der Waals surface area contributed by atoms with Gasteiger partial charge in [-0.25, -0.2) is 0 Å². The predicted octanol–water partition coefficient (Wildman–Crippen LogP) is 0.370. The van der Waals surface area contributed by atoms with Gasteiger partial charge in [0.15, 0.2) is 0 Å². The molecule has 0 aliphatic heterocycles. The molecule has 0 aliphatic rings. The van der Waals surface area contributed by atoms with Crippen LogP contribution < -0.4 is 11.1 Å². The molecule has 0 aliphatic carbocycles. The molecule has 1 unspecified atom stereocenters. The van der Waals surface area contributed by atoms with Crippen LogP contribution in [0.15, 0.2) is 0 Å². The van der Waals surface area contributed by atoms with E-state index < -0.39 is 0 Å². The highest BCUT2D eigenvalue weighted by Gasteiger charge is 2.06. The van der Waals surface area contributed by atoms with Gasteiger partial charge in [0.1, 0.15) is 0 Å². The molecule has 84 valence electrons. The lowest BCUT2D eigenvalue weighted by molar-refractivity contribution is -0.121. The van der Waals surface area contributed by atoms with E-state index in [9.17, 15) is 4.79 Å². The second-order valence-corrected chi connectivity index (χ2v) is 3.98. The molecule has 14 heavy (non-hydrogen) atoms. The standard InChI is InChI=1S/C10H22N2O2/c1-8(2)7-14-5-4-12-6-9(3)10(11)13/h8-9,12H,4-7H2,1-3H3,(H2,11,13). The Bertz CT molecular complexity index is 160. The van der Waals surface area contributed by atoms with Gasteiger partial charge >= 0.3 is 0 Å². The molecule has 0 rings (SSSR count). The van der Waals surface area contributed by atoms with Gasteiger partial charge in [-0.2, -0.15) is 0 Å². The SMILES string of the molecule is CC(C)COCCNCC(C)C(N)=O. The van der Waals surface area contributed by atoms with E-state index in [4.69, 9.17) is 10.5 Å². The quantitative estimate of drug-likeness (QED) is 0.559. The molecule has 4 nitrogen and oxygen atoms in total. The molecule has 0 saturated heterocycles. The number of nitrogens with two attached hydrogens (primary N) is 1. The molecule has 0 spiro atoms. The van der Waals surface area contributed by atoms with Crippen LogP contribution in [0.1, 0.15) is 20.8 Å². The van der Waals surface area contributed by atoms with Crippen molar-refractivity contribution in [3.05, 3.63) is 0 Å². The maximum atomic E-state index is 10.7. The Hall–Kier alpha value is -0.610. The second kappa shape index (κ2) is 7.76. The summed E-state index contributed by atoms with van der Waals surface area (Å²) < 4.78 is 5.36. The number of carbonyl (C=O) groups is 1. The molecular formula is C10H22N2O2. The topological polar surface area (TPSA) is 64.3 Å². The molecule has 0 saturated carbocycles. The van der Waals surface area contributed by atoms with Crippen LogP contribution in [-0.4, -0.2) is 32.2 Å². The van der Waals surface area contributed by atoms with E-state index in [-0.39, 0.29) is 11.8 Å². The number of rotatable bonds is 8. The zero-order chi connectivity index (χ0) is 11.0. The lowest BCUT2D eigenvalue weighted by atomic mass is 10.2. The Kier molecular flexibility index (Phi) is 7.42. The Labute approximate surface area is 86.2 Å². The number of nitrogens with one attached hydrogen (secondary N) is 1. The van der Waals surface area contributed by atoms with Crippen molar-refractivity contribution >= 4 is 5.91 Å². The summed E-state index contributed by atoms with van der Waals surface area (Å²) in [5.74, 6) is 0.195. The summed E-state index contributed by atoms with van der Waals surface area (Å²) in [6.45, 7) is 8.90. The Morgan fingerprint density at radius 2 is 2.07 bits per heavy atom. The predicted molar refractivity (Wildman–Crippen MR) is 56.9 cm³/mol. The lowest BCUT2D eigenvalue weighted by Gasteiger charge is -2.10. The third kappa shape index (κ3) is 8.01. The Morgan fingerprint density at radius 1 is 1.43 bits per heavy atom. The monoisotopic (exact) mass is 202 g/mol. The van der Waals surface area contributed by atoms with Crippen LogP contribution in [-0.2, 0) is 9.53 Å². The summed E-state index contributed by atoms with van der Waals surface area (Å²) in [6.07, 6.45) is 0. The molecule has 3 N–H and O–H groups in total. The molecule has 1 amide bonds. The largest absolute Gasteiger partial charge is 0.380 e. The third-order valence-electron chi connectivity index (χ3n) is 1.81. The molecule has 0 fully saturated rings. The van der Waals surface area contributed by atoms with Crippen LogP contribution in [0.3, 0.4) is 0 Å². The second-order valence-electron chi connectivity index (χ2n) is 3.98. The van der Waals surface area contributed by atoms with Gasteiger partial charge in [-0.1, -0.05) is 20.8 Å². The molecule has 0 aromatic rings. The molecule has 4 heteroatoms. The van der Waals surface area contributed by atoms with Gasteiger partial charge in [0.05, 0.1) is 6.61 Å². The third-order valence-corrected chi connectivity index (χ3v) is 1.81.